The largest absolute Gasteiger partial charge is 0.508 e. The number of phenols is 1. The van der Waals surface area contributed by atoms with Gasteiger partial charge in [0.1, 0.15) is 11.9 Å². The van der Waals surface area contributed by atoms with Crippen LogP contribution in [0.4, 0.5) is 11.5 Å². The van der Waals surface area contributed by atoms with E-state index < -0.39 is 4.92 Å². The fourth-order valence-corrected chi connectivity index (χ4v) is 1.37. The number of imidazole rings is 1. The zero-order valence-corrected chi connectivity index (χ0v) is 9.52. The van der Waals surface area contributed by atoms with Crippen molar-refractivity contribution in [1.82, 2.24) is 9.55 Å². The van der Waals surface area contributed by atoms with Gasteiger partial charge in [0.25, 0.3) is 0 Å². The van der Waals surface area contributed by atoms with Crippen molar-refractivity contribution in [2.75, 3.05) is 0 Å². The molecule has 2 aromatic rings. The average Bonchev–Trinajstić information content (AvgIpc) is 2.70. The Labute approximate surface area is 102 Å². The fraction of sp³-hybridized carbons (Fsp3) is 0.0909. The molecule has 7 nitrogen and oxygen atoms in total. The van der Waals surface area contributed by atoms with Crippen molar-refractivity contribution in [1.29, 1.82) is 0 Å². The van der Waals surface area contributed by atoms with Crippen LogP contribution in [0.2, 0.25) is 0 Å². The normalized spacial score (nSPS) is 10.9. The van der Waals surface area contributed by atoms with Crippen molar-refractivity contribution in [3.8, 4) is 5.75 Å². The van der Waals surface area contributed by atoms with Crippen LogP contribution in [-0.4, -0.2) is 25.8 Å². The highest BCUT2D eigenvalue weighted by Crippen LogP contribution is 2.17. The number of rotatable bonds is 3. The molecule has 1 aromatic carbocycles. The van der Waals surface area contributed by atoms with Crippen LogP contribution < -0.4 is 0 Å². The summed E-state index contributed by atoms with van der Waals surface area (Å²) >= 11 is 0. The van der Waals surface area contributed by atoms with E-state index in [2.05, 4.69) is 9.98 Å². The molecule has 92 valence electrons. The molecule has 0 atom stereocenters. The molecule has 0 saturated heterocycles. The first-order valence-electron chi connectivity index (χ1n) is 5.07. The molecule has 2 rings (SSSR count). The van der Waals surface area contributed by atoms with Crippen LogP contribution in [0.3, 0.4) is 0 Å². The molecule has 0 fully saturated rings. The fourth-order valence-electron chi connectivity index (χ4n) is 1.37. The van der Waals surface area contributed by atoms with Gasteiger partial charge in [-0.1, -0.05) is 0 Å². The molecule has 0 aliphatic rings. The monoisotopic (exact) mass is 246 g/mol. The third-order valence-corrected chi connectivity index (χ3v) is 2.37. The number of benzene rings is 1. The summed E-state index contributed by atoms with van der Waals surface area (Å²) in [6, 6.07) is 6.27. The van der Waals surface area contributed by atoms with E-state index in [1.165, 1.54) is 29.1 Å². The van der Waals surface area contributed by atoms with Gasteiger partial charge in [0.05, 0.1) is 18.9 Å². The molecule has 1 aromatic heterocycles. The molecule has 0 aliphatic heterocycles. The van der Waals surface area contributed by atoms with Gasteiger partial charge < -0.3 is 15.2 Å². The van der Waals surface area contributed by atoms with E-state index in [0.717, 1.165) is 0 Å². The smallest absolute Gasteiger partial charge is 0.342 e. The lowest BCUT2D eigenvalue weighted by Crippen LogP contribution is -2.00. The number of nitro groups is 1. The molecule has 18 heavy (non-hydrogen) atoms. The zero-order chi connectivity index (χ0) is 13.1. The highest BCUT2D eigenvalue weighted by Gasteiger charge is 2.14. The molecule has 0 amide bonds. The van der Waals surface area contributed by atoms with E-state index in [4.69, 9.17) is 5.11 Å². The van der Waals surface area contributed by atoms with Crippen molar-refractivity contribution in [2.45, 2.75) is 0 Å². The van der Waals surface area contributed by atoms with Crippen molar-refractivity contribution >= 4 is 17.7 Å². The summed E-state index contributed by atoms with van der Waals surface area (Å²) in [4.78, 5) is 18.1. The Kier molecular flexibility index (Phi) is 3.05. The standard InChI is InChI=1S/C11H10N4O3/c1-14-10(13-7-11(14)15(17)18)6-12-8-2-4-9(16)5-3-8/h2-7,16H,1H3. The molecule has 0 aliphatic carbocycles. The van der Waals surface area contributed by atoms with Gasteiger partial charge in [-0.2, -0.15) is 0 Å². The van der Waals surface area contributed by atoms with Gasteiger partial charge in [-0.05, 0) is 29.2 Å². The van der Waals surface area contributed by atoms with Gasteiger partial charge in [0, 0.05) is 0 Å². The molecule has 0 unspecified atom stereocenters. The minimum Gasteiger partial charge on any atom is -0.508 e. The van der Waals surface area contributed by atoms with E-state index >= 15 is 0 Å². The SMILES string of the molecule is Cn1c([N+](=O)[O-])cnc1C=Nc1ccc(O)cc1. The number of nitrogens with zero attached hydrogens (tertiary/aromatic N) is 4. The lowest BCUT2D eigenvalue weighted by atomic mass is 10.3. The lowest BCUT2D eigenvalue weighted by molar-refractivity contribution is -0.391. The predicted octanol–water partition coefficient (Wildman–Crippen LogP) is 1.78. The van der Waals surface area contributed by atoms with E-state index in [0.29, 0.717) is 11.5 Å². The average molecular weight is 246 g/mol. The summed E-state index contributed by atoms with van der Waals surface area (Å²) in [6.45, 7) is 0. The molecule has 0 radical (unpaired) electrons. The summed E-state index contributed by atoms with van der Waals surface area (Å²) in [5.41, 5.74) is 0.624. The topological polar surface area (TPSA) is 93.5 Å². The molecular weight excluding hydrogens is 236 g/mol. The van der Waals surface area contributed by atoms with Gasteiger partial charge in [-0.25, -0.2) is 9.55 Å². The first-order valence-corrected chi connectivity index (χ1v) is 5.07. The molecule has 0 spiro atoms. The quantitative estimate of drug-likeness (QED) is 0.507. The highest BCUT2D eigenvalue weighted by atomic mass is 16.6. The second kappa shape index (κ2) is 4.66. The van der Waals surface area contributed by atoms with Gasteiger partial charge in [-0.15, -0.1) is 0 Å². The van der Waals surface area contributed by atoms with Crippen LogP contribution in [-0.2, 0) is 7.05 Å². The number of phenolic OH excluding ortho intramolecular Hbond substituents is 1. The Morgan fingerprint density at radius 2 is 2.11 bits per heavy atom. The van der Waals surface area contributed by atoms with E-state index in [1.54, 1.807) is 19.2 Å². The molecular formula is C11H10N4O3. The van der Waals surface area contributed by atoms with Crippen molar-refractivity contribution in [2.24, 2.45) is 12.0 Å². The van der Waals surface area contributed by atoms with Crippen LogP contribution in [0.1, 0.15) is 5.82 Å². The maximum Gasteiger partial charge on any atom is 0.342 e. The van der Waals surface area contributed by atoms with E-state index in [1.807, 2.05) is 0 Å². The number of aliphatic imine (C=N–C) groups is 1. The lowest BCUT2D eigenvalue weighted by Gasteiger charge is -1.95. The molecule has 7 heteroatoms. The van der Waals surface area contributed by atoms with E-state index in [9.17, 15) is 10.1 Å². The number of hydrogen-bond acceptors (Lipinski definition) is 5. The Balaban J connectivity index is 2.24. The zero-order valence-electron chi connectivity index (χ0n) is 9.52. The highest BCUT2D eigenvalue weighted by molar-refractivity contribution is 5.78. The Hall–Kier alpha value is -2.70. The maximum atomic E-state index is 10.6. The predicted molar refractivity (Wildman–Crippen MR) is 65.2 cm³/mol. The first-order chi connectivity index (χ1) is 8.58. The first kappa shape index (κ1) is 11.8. The molecule has 0 bridgehead atoms. The van der Waals surface area contributed by atoms with Crippen LogP contribution in [0.25, 0.3) is 0 Å². The second-order valence-electron chi connectivity index (χ2n) is 3.57. The maximum absolute atomic E-state index is 10.6. The molecule has 0 saturated carbocycles. The van der Waals surface area contributed by atoms with Crippen LogP contribution >= 0.6 is 0 Å². The summed E-state index contributed by atoms with van der Waals surface area (Å²) in [5.74, 6) is 0.443. The third kappa shape index (κ3) is 2.34. The van der Waals surface area contributed by atoms with Crippen LogP contribution in [0.15, 0.2) is 35.5 Å². The van der Waals surface area contributed by atoms with Crippen molar-refractivity contribution in [3.63, 3.8) is 0 Å². The summed E-state index contributed by atoms with van der Waals surface area (Å²) in [7, 11) is 1.54. The van der Waals surface area contributed by atoms with Crippen LogP contribution in [0.5, 0.6) is 5.75 Å². The van der Waals surface area contributed by atoms with Crippen LogP contribution in [0, 0.1) is 10.1 Å². The number of aromatic nitrogens is 2. The number of hydrogen-bond donors (Lipinski definition) is 1. The van der Waals surface area contributed by atoms with Gasteiger partial charge in [0.15, 0.2) is 0 Å². The molecule has 1 heterocycles. The minimum absolute atomic E-state index is 0.0952. The van der Waals surface area contributed by atoms with Gasteiger partial charge >= 0.3 is 5.82 Å². The Bertz CT molecular complexity index is 601. The summed E-state index contributed by atoms with van der Waals surface area (Å²) in [5, 5.41) is 19.7. The summed E-state index contributed by atoms with van der Waals surface area (Å²) in [6.07, 6.45) is 2.61. The third-order valence-electron chi connectivity index (χ3n) is 2.37. The van der Waals surface area contributed by atoms with E-state index in [-0.39, 0.29) is 11.6 Å². The molecule has 1 N–H and O–H groups in total. The second-order valence-corrected chi connectivity index (χ2v) is 3.57. The van der Waals surface area contributed by atoms with Crippen molar-refractivity contribution < 1.29 is 10.0 Å². The van der Waals surface area contributed by atoms with Gasteiger partial charge in [0.2, 0.25) is 5.82 Å². The van der Waals surface area contributed by atoms with Gasteiger partial charge in [-0.3, -0.25) is 4.99 Å². The van der Waals surface area contributed by atoms with Crippen molar-refractivity contribution in [3.05, 3.63) is 46.4 Å². The summed E-state index contributed by atoms with van der Waals surface area (Å²) < 4.78 is 1.34. The minimum atomic E-state index is -0.509. The Morgan fingerprint density at radius 3 is 2.67 bits per heavy atom. The Morgan fingerprint density at radius 1 is 1.44 bits per heavy atom. The number of aromatic hydroxyl groups is 1.